The molecule has 0 bridgehead atoms. The zero-order valence-corrected chi connectivity index (χ0v) is 29.5. The first-order valence-corrected chi connectivity index (χ1v) is 17.1. The number of esters is 2. The number of carbonyl (C=O) groups excluding carboxylic acids is 2. The van der Waals surface area contributed by atoms with E-state index in [1.54, 1.807) is 0 Å². The van der Waals surface area contributed by atoms with Crippen LogP contribution in [0.5, 0.6) is 0 Å². The summed E-state index contributed by atoms with van der Waals surface area (Å²) >= 11 is 0. The van der Waals surface area contributed by atoms with Gasteiger partial charge in [0.05, 0.1) is 77.9 Å². The summed E-state index contributed by atoms with van der Waals surface area (Å²) in [6, 6.07) is 16.4. The number of hydrogen-bond acceptors (Lipinski definition) is 9. The van der Waals surface area contributed by atoms with Crippen molar-refractivity contribution in [2.45, 2.75) is 66.2 Å². The van der Waals surface area contributed by atoms with Crippen LogP contribution in [0.4, 0.5) is 0 Å². The fraction of sp³-hybridized carbons (Fsp3) is 0.632. The first-order valence-electron chi connectivity index (χ1n) is 17.1. The van der Waals surface area contributed by atoms with Gasteiger partial charge in [-0.1, -0.05) is 76.2 Å². The molecule has 0 aromatic heterocycles. The van der Waals surface area contributed by atoms with Crippen molar-refractivity contribution in [1.82, 2.24) is 0 Å². The number of rotatable bonds is 26. The second kappa shape index (κ2) is 24.3. The fourth-order valence-corrected chi connectivity index (χ4v) is 4.73. The van der Waals surface area contributed by atoms with Crippen molar-refractivity contribution in [2.24, 2.45) is 11.8 Å². The molecule has 264 valence electrons. The molecule has 2 rings (SSSR count). The maximum atomic E-state index is 12.3. The summed E-state index contributed by atoms with van der Waals surface area (Å²) in [5, 5.41) is 0. The Morgan fingerprint density at radius 2 is 0.681 bits per heavy atom. The highest BCUT2D eigenvalue weighted by Crippen LogP contribution is 2.20. The van der Waals surface area contributed by atoms with Crippen LogP contribution in [0.2, 0.25) is 0 Å². The molecule has 0 heterocycles. The van der Waals surface area contributed by atoms with Crippen LogP contribution >= 0.6 is 0 Å². The van der Waals surface area contributed by atoms with E-state index in [1.165, 1.54) is 11.1 Å². The molecule has 0 spiro atoms. The van der Waals surface area contributed by atoms with Crippen molar-refractivity contribution in [1.29, 1.82) is 0 Å². The molecule has 47 heavy (non-hydrogen) atoms. The zero-order chi connectivity index (χ0) is 34.3. The highest BCUT2D eigenvalue weighted by atomic mass is 16.6. The summed E-state index contributed by atoms with van der Waals surface area (Å²) in [5.74, 6) is 0.0678. The van der Waals surface area contributed by atoms with Crippen LogP contribution in [0.3, 0.4) is 0 Å². The van der Waals surface area contributed by atoms with Crippen molar-refractivity contribution in [2.75, 3.05) is 79.3 Å². The molecular formula is C38H58O9. The van der Waals surface area contributed by atoms with E-state index in [2.05, 4.69) is 52.0 Å². The molecule has 0 radical (unpaired) electrons. The Labute approximate surface area is 282 Å². The number of benzene rings is 2. The highest BCUT2D eigenvalue weighted by molar-refractivity contribution is 5.78. The predicted molar refractivity (Wildman–Crippen MR) is 183 cm³/mol. The zero-order valence-electron chi connectivity index (χ0n) is 29.5. The topological polar surface area (TPSA) is 98.8 Å². The summed E-state index contributed by atoms with van der Waals surface area (Å²) in [5.41, 5.74) is 4.46. The molecule has 0 fully saturated rings. The van der Waals surface area contributed by atoms with E-state index in [9.17, 15) is 9.59 Å². The molecule has 0 aliphatic rings. The molecule has 2 aromatic carbocycles. The van der Waals surface area contributed by atoms with Crippen molar-refractivity contribution in [3.05, 3.63) is 70.8 Å². The lowest BCUT2D eigenvalue weighted by Crippen LogP contribution is -2.18. The summed E-state index contributed by atoms with van der Waals surface area (Å²) in [6.07, 6.45) is 2.05. The third-order valence-electron chi connectivity index (χ3n) is 7.39. The van der Waals surface area contributed by atoms with Gasteiger partial charge in [0.25, 0.3) is 0 Å². The smallest absolute Gasteiger partial charge is 0.313 e. The molecule has 0 N–H and O–H groups in total. The minimum atomic E-state index is -0.313. The number of ether oxygens (including phenoxy) is 7. The Morgan fingerprint density at radius 1 is 0.426 bits per heavy atom. The quantitative estimate of drug-likeness (QED) is 0.0870. The maximum absolute atomic E-state index is 12.3. The van der Waals surface area contributed by atoms with Crippen molar-refractivity contribution < 1.29 is 42.7 Å². The lowest BCUT2D eigenvalue weighted by Gasteiger charge is -2.13. The molecular weight excluding hydrogens is 600 g/mol. The van der Waals surface area contributed by atoms with Crippen LogP contribution in [0.15, 0.2) is 48.5 Å². The molecule has 2 aromatic rings. The average Bonchev–Trinajstić information content (AvgIpc) is 3.05. The van der Waals surface area contributed by atoms with E-state index in [0.29, 0.717) is 77.9 Å². The second-order valence-corrected chi connectivity index (χ2v) is 12.5. The summed E-state index contributed by atoms with van der Waals surface area (Å²) in [4.78, 5) is 24.7. The SMILES string of the molecule is CC(C)Cc1ccc(C(C)C(=O)OCCOCCOCCOCCOCCOCCOC(=O)C(C)c2ccc(CC(C)C)cc2)cc1. The van der Waals surface area contributed by atoms with Gasteiger partial charge >= 0.3 is 11.9 Å². The summed E-state index contributed by atoms with van der Waals surface area (Å²) < 4.78 is 38.2. The van der Waals surface area contributed by atoms with Gasteiger partial charge in [0, 0.05) is 0 Å². The fourth-order valence-electron chi connectivity index (χ4n) is 4.73. The predicted octanol–water partition coefficient (Wildman–Crippen LogP) is 6.16. The molecule has 2 unspecified atom stereocenters. The van der Waals surface area contributed by atoms with E-state index in [1.807, 2.05) is 38.1 Å². The largest absolute Gasteiger partial charge is 0.463 e. The normalized spacial score (nSPS) is 12.8. The third kappa shape index (κ3) is 18.3. The van der Waals surface area contributed by atoms with E-state index >= 15 is 0 Å². The molecule has 0 aliphatic heterocycles. The lowest BCUT2D eigenvalue weighted by molar-refractivity contribution is -0.147. The number of carbonyl (C=O) groups is 2. The Balaban J connectivity index is 1.33. The molecule has 0 saturated carbocycles. The Hall–Kier alpha value is -2.82. The van der Waals surface area contributed by atoms with Crippen molar-refractivity contribution >= 4 is 11.9 Å². The Bertz CT molecular complexity index is 1010. The van der Waals surface area contributed by atoms with Crippen molar-refractivity contribution in [3.63, 3.8) is 0 Å². The maximum Gasteiger partial charge on any atom is 0.313 e. The van der Waals surface area contributed by atoms with E-state index in [0.717, 1.165) is 24.0 Å². The van der Waals surface area contributed by atoms with Crippen LogP contribution in [0.25, 0.3) is 0 Å². The van der Waals surface area contributed by atoms with Gasteiger partial charge in [0.15, 0.2) is 0 Å². The first kappa shape index (κ1) is 40.4. The van der Waals surface area contributed by atoms with Gasteiger partial charge in [0.2, 0.25) is 0 Å². The molecule has 2 atom stereocenters. The average molecular weight is 659 g/mol. The van der Waals surface area contributed by atoms with Gasteiger partial charge < -0.3 is 33.2 Å². The Morgan fingerprint density at radius 3 is 0.936 bits per heavy atom. The molecule has 0 amide bonds. The minimum Gasteiger partial charge on any atom is -0.463 e. The highest BCUT2D eigenvalue weighted by Gasteiger charge is 2.18. The second-order valence-electron chi connectivity index (χ2n) is 12.5. The van der Waals surface area contributed by atoms with Crippen LogP contribution < -0.4 is 0 Å². The van der Waals surface area contributed by atoms with Crippen LogP contribution in [-0.2, 0) is 55.6 Å². The standard InChI is InChI=1S/C38H58O9/c1-29(2)27-33-7-11-35(12-8-33)31(5)37(39)46-25-23-44-21-19-42-17-15-41-16-18-43-20-22-45-24-26-47-38(40)32(6)36-13-9-34(10-14-36)28-30(3)4/h7-14,29-32H,15-28H2,1-6H3. The van der Waals surface area contributed by atoms with E-state index in [-0.39, 0.29) is 37.0 Å². The van der Waals surface area contributed by atoms with E-state index in [4.69, 9.17) is 33.2 Å². The number of hydrogen-bond donors (Lipinski definition) is 0. The Kier molecular flexibility index (Phi) is 20.9. The van der Waals surface area contributed by atoms with Crippen LogP contribution in [-0.4, -0.2) is 91.2 Å². The lowest BCUT2D eigenvalue weighted by atomic mass is 9.97. The monoisotopic (exact) mass is 658 g/mol. The summed E-state index contributed by atoms with van der Waals surface area (Å²) in [6.45, 7) is 17.1. The van der Waals surface area contributed by atoms with E-state index < -0.39 is 0 Å². The first-order chi connectivity index (χ1) is 22.7. The minimum absolute atomic E-state index is 0.212. The van der Waals surface area contributed by atoms with Gasteiger partial charge in [-0.05, 0) is 60.8 Å². The van der Waals surface area contributed by atoms with Crippen LogP contribution in [0.1, 0.15) is 75.6 Å². The molecule has 9 heteroatoms. The van der Waals surface area contributed by atoms with Gasteiger partial charge in [-0.15, -0.1) is 0 Å². The van der Waals surface area contributed by atoms with Crippen molar-refractivity contribution in [3.8, 4) is 0 Å². The van der Waals surface area contributed by atoms with Crippen LogP contribution in [0, 0.1) is 11.8 Å². The van der Waals surface area contributed by atoms with Gasteiger partial charge in [-0.25, -0.2) is 0 Å². The molecule has 0 aliphatic carbocycles. The van der Waals surface area contributed by atoms with Gasteiger partial charge in [-0.2, -0.15) is 0 Å². The summed E-state index contributed by atoms with van der Waals surface area (Å²) in [7, 11) is 0. The van der Waals surface area contributed by atoms with Gasteiger partial charge in [0.1, 0.15) is 13.2 Å². The van der Waals surface area contributed by atoms with Gasteiger partial charge in [-0.3, -0.25) is 9.59 Å². The molecule has 9 nitrogen and oxygen atoms in total. The third-order valence-corrected chi connectivity index (χ3v) is 7.39. The molecule has 0 saturated heterocycles.